The minimum atomic E-state index is 0.257. The number of aromatic hydroxyl groups is 1. The van der Waals surface area contributed by atoms with Crippen molar-refractivity contribution in [3.8, 4) is 17.2 Å². The summed E-state index contributed by atoms with van der Waals surface area (Å²) in [5, 5.41) is 9.64. The van der Waals surface area contributed by atoms with E-state index in [1.54, 1.807) is 19.2 Å². The lowest BCUT2D eigenvalue weighted by Gasteiger charge is -2.25. The third kappa shape index (κ3) is 2.85. The molecule has 0 amide bonds. The molecule has 3 nitrogen and oxygen atoms in total. The highest BCUT2D eigenvalue weighted by molar-refractivity contribution is 6.01. The summed E-state index contributed by atoms with van der Waals surface area (Å²) in [6.45, 7) is 0.486. The molecule has 124 valence electrons. The predicted octanol–water partition coefficient (Wildman–Crippen LogP) is 4.75. The third-order valence-corrected chi connectivity index (χ3v) is 4.41. The van der Waals surface area contributed by atoms with E-state index in [-0.39, 0.29) is 5.75 Å². The first-order chi connectivity index (χ1) is 12.3. The molecule has 1 heterocycles. The molecule has 0 aromatic heterocycles. The number of fused-ring (bicyclic) bond motifs is 1. The fourth-order valence-electron chi connectivity index (χ4n) is 3.17. The number of ether oxygens (including phenoxy) is 2. The lowest BCUT2D eigenvalue weighted by Crippen LogP contribution is -2.11. The Morgan fingerprint density at radius 2 is 1.64 bits per heavy atom. The van der Waals surface area contributed by atoms with Gasteiger partial charge < -0.3 is 14.6 Å². The summed E-state index contributed by atoms with van der Waals surface area (Å²) in [6, 6.07) is 23.4. The molecule has 3 aromatic rings. The zero-order valence-electron chi connectivity index (χ0n) is 13.9. The molecule has 3 aromatic carbocycles. The molecule has 0 fully saturated rings. The summed E-state index contributed by atoms with van der Waals surface area (Å²) >= 11 is 0. The molecule has 3 heteroatoms. The molecule has 0 atom stereocenters. The van der Waals surface area contributed by atoms with Gasteiger partial charge in [-0.15, -0.1) is 0 Å². The van der Waals surface area contributed by atoms with Crippen LogP contribution in [-0.4, -0.2) is 18.8 Å². The van der Waals surface area contributed by atoms with E-state index in [2.05, 4.69) is 12.1 Å². The fraction of sp³-hybridized carbons (Fsp3) is 0.0909. The Morgan fingerprint density at radius 3 is 2.36 bits per heavy atom. The predicted molar refractivity (Wildman–Crippen MR) is 99.0 cm³/mol. The first-order valence-electron chi connectivity index (χ1n) is 8.15. The number of methoxy groups -OCH3 is 1. The van der Waals surface area contributed by atoms with Crippen molar-refractivity contribution in [3.05, 3.63) is 89.5 Å². The van der Waals surface area contributed by atoms with E-state index in [1.807, 2.05) is 48.5 Å². The molecule has 0 bridgehead atoms. The van der Waals surface area contributed by atoms with Gasteiger partial charge in [-0.05, 0) is 41.0 Å². The average molecular weight is 330 g/mol. The van der Waals surface area contributed by atoms with Gasteiger partial charge in [0.2, 0.25) is 0 Å². The maximum atomic E-state index is 9.64. The van der Waals surface area contributed by atoms with Crippen LogP contribution in [0.1, 0.15) is 16.7 Å². The molecular weight excluding hydrogens is 312 g/mol. The maximum absolute atomic E-state index is 9.64. The van der Waals surface area contributed by atoms with Gasteiger partial charge in [0, 0.05) is 17.2 Å². The minimum absolute atomic E-state index is 0.257. The molecule has 0 aliphatic carbocycles. The Labute approximate surface area is 146 Å². The van der Waals surface area contributed by atoms with Crippen LogP contribution in [0.5, 0.6) is 17.2 Å². The molecule has 0 saturated carbocycles. The molecule has 0 unspecified atom stereocenters. The van der Waals surface area contributed by atoms with Crippen LogP contribution in [0.3, 0.4) is 0 Å². The van der Waals surface area contributed by atoms with E-state index in [9.17, 15) is 5.11 Å². The number of hydrogen-bond donors (Lipinski definition) is 1. The van der Waals surface area contributed by atoms with Crippen LogP contribution in [0.4, 0.5) is 0 Å². The van der Waals surface area contributed by atoms with Gasteiger partial charge in [-0.25, -0.2) is 0 Å². The van der Waals surface area contributed by atoms with Gasteiger partial charge in [0.15, 0.2) is 0 Å². The summed E-state index contributed by atoms with van der Waals surface area (Å²) in [5.74, 6) is 1.83. The molecule has 0 spiro atoms. The third-order valence-electron chi connectivity index (χ3n) is 4.41. The topological polar surface area (TPSA) is 38.7 Å². The van der Waals surface area contributed by atoms with Crippen LogP contribution in [-0.2, 0) is 0 Å². The molecular formula is C22H18O3. The monoisotopic (exact) mass is 330 g/mol. The van der Waals surface area contributed by atoms with E-state index in [0.29, 0.717) is 6.61 Å². The van der Waals surface area contributed by atoms with Crippen LogP contribution in [0.25, 0.3) is 11.1 Å². The van der Waals surface area contributed by atoms with E-state index in [4.69, 9.17) is 9.47 Å². The maximum Gasteiger partial charge on any atom is 0.131 e. The SMILES string of the molecule is COc1ccc2c(c1)OCC(c1ccccc1)=C2c1ccc(O)cc1. The van der Waals surface area contributed by atoms with Crippen molar-refractivity contribution in [2.45, 2.75) is 0 Å². The van der Waals surface area contributed by atoms with Crippen molar-refractivity contribution in [1.29, 1.82) is 0 Å². The van der Waals surface area contributed by atoms with E-state index >= 15 is 0 Å². The molecule has 25 heavy (non-hydrogen) atoms. The standard InChI is InChI=1S/C22H18O3/c1-24-18-11-12-19-21(13-18)25-14-20(15-5-3-2-4-6-15)22(19)16-7-9-17(23)10-8-16/h2-13,23H,14H2,1H3. The van der Waals surface area contributed by atoms with Crippen molar-refractivity contribution in [3.63, 3.8) is 0 Å². The van der Waals surface area contributed by atoms with E-state index in [1.165, 1.54) is 0 Å². The zero-order chi connectivity index (χ0) is 17.2. The highest BCUT2D eigenvalue weighted by Gasteiger charge is 2.23. The first-order valence-corrected chi connectivity index (χ1v) is 8.15. The van der Waals surface area contributed by atoms with Gasteiger partial charge in [0.05, 0.1) is 7.11 Å². The van der Waals surface area contributed by atoms with Crippen molar-refractivity contribution in [1.82, 2.24) is 0 Å². The Bertz CT molecular complexity index is 925. The molecule has 1 aliphatic rings. The molecule has 1 N–H and O–H groups in total. The largest absolute Gasteiger partial charge is 0.508 e. The summed E-state index contributed by atoms with van der Waals surface area (Å²) < 4.78 is 11.3. The second-order valence-electron chi connectivity index (χ2n) is 5.92. The van der Waals surface area contributed by atoms with Gasteiger partial charge in [-0.2, -0.15) is 0 Å². The quantitative estimate of drug-likeness (QED) is 0.753. The van der Waals surface area contributed by atoms with Gasteiger partial charge >= 0.3 is 0 Å². The lowest BCUT2D eigenvalue weighted by atomic mass is 9.88. The van der Waals surface area contributed by atoms with Gasteiger partial charge in [-0.3, -0.25) is 0 Å². The average Bonchev–Trinajstić information content (AvgIpc) is 2.68. The number of rotatable bonds is 3. The second kappa shape index (κ2) is 6.36. The zero-order valence-corrected chi connectivity index (χ0v) is 13.9. The molecule has 0 radical (unpaired) electrons. The van der Waals surface area contributed by atoms with E-state index < -0.39 is 0 Å². The highest BCUT2D eigenvalue weighted by Crippen LogP contribution is 2.42. The summed E-state index contributed by atoms with van der Waals surface area (Å²) in [7, 11) is 1.65. The molecule has 1 aliphatic heterocycles. The second-order valence-corrected chi connectivity index (χ2v) is 5.92. The van der Waals surface area contributed by atoms with Crippen LogP contribution in [0.2, 0.25) is 0 Å². The van der Waals surface area contributed by atoms with Crippen molar-refractivity contribution in [2.24, 2.45) is 0 Å². The van der Waals surface area contributed by atoms with Gasteiger partial charge in [0.1, 0.15) is 23.9 Å². The Hall–Kier alpha value is -3.20. The number of benzene rings is 3. The normalized spacial score (nSPS) is 13.2. The Kier molecular flexibility index (Phi) is 3.90. The summed E-state index contributed by atoms with van der Waals surface area (Å²) in [4.78, 5) is 0. The highest BCUT2D eigenvalue weighted by atomic mass is 16.5. The van der Waals surface area contributed by atoms with Crippen LogP contribution >= 0.6 is 0 Å². The van der Waals surface area contributed by atoms with Crippen LogP contribution < -0.4 is 9.47 Å². The number of hydrogen-bond acceptors (Lipinski definition) is 3. The van der Waals surface area contributed by atoms with Crippen molar-refractivity contribution >= 4 is 11.1 Å². The Balaban J connectivity index is 1.96. The van der Waals surface area contributed by atoms with Gasteiger partial charge in [-0.1, -0.05) is 42.5 Å². The summed E-state index contributed by atoms with van der Waals surface area (Å²) in [6.07, 6.45) is 0. The first kappa shape index (κ1) is 15.3. The van der Waals surface area contributed by atoms with Crippen molar-refractivity contribution < 1.29 is 14.6 Å². The van der Waals surface area contributed by atoms with Crippen LogP contribution in [0, 0.1) is 0 Å². The van der Waals surface area contributed by atoms with E-state index in [0.717, 1.165) is 39.3 Å². The summed E-state index contributed by atoms with van der Waals surface area (Å²) in [5.41, 5.74) is 5.45. The molecule has 0 saturated heterocycles. The Morgan fingerprint density at radius 1 is 0.880 bits per heavy atom. The fourth-order valence-corrected chi connectivity index (χ4v) is 3.17. The van der Waals surface area contributed by atoms with Crippen LogP contribution in [0.15, 0.2) is 72.8 Å². The molecule has 4 rings (SSSR count). The number of phenols is 1. The number of phenolic OH excluding ortho intramolecular Hbond substituents is 1. The van der Waals surface area contributed by atoms with Gasteiger partial charge in [0.25, 0.3) is 0 Å². The van der Waals surface area contributed by atoms with Crippen molar-refractivity contribution in [2.75, 3.05) is 13.7 Å². The smallest absolute Gasteiger partial charge is 0.131 e. The minimum Gasteiger partial charge on any atom is -0.508 e. The lowest BCUT2D eigenvalue weighted by molar-refractivity contribution is 0.358.